The fourth-order valence-electron chi connectivity index (χ4n) is 4.35. The molecule has 12 heteroatoms. The van der Waals surface area contributed by atoms with E-state index in [1.165, 1.54) is 12.1 Å². The molecule has 1 aromatic heterocycles. The SMILES string of the molecule is CN(C)Cc1nc(C2CC(c3ccc(C(F)(F)F)cc3)CN(C(=O)N3CCOCC3)C2)no1.Cl. The van der Waals surface area contributed by atoms with Crippen LogP contribution >= 0.6 is 12.4 Å². The summed E-state index contributed by atoms with van der Waals surface area (Å²) in [6.45, 7) is 3.35. The fourth-order valence-corrected chi connectivity index (χ4v) is 4.35. The Balaban J connectivity index is 0.00000324. The predicted octanol–water partition coefficient (Wildman–Crippen LogP) is 3.60. The molecule has 0 spiro atoms. The van der Waals surface area contributed by atoms with Crippen molar-refractivity contribution in [2.24, 2.45) is 0 Å². The Morgan fingerprint density at radius 1 is 1.09 bits per heavy atom. The molecule has 3 heterocycles. The van der Waals surface area contributed by atoms with Crippen LogP contribution in [0.15, 0.2) is 28.8 Å². The molecule has 8 nitrogen and oxygen atoms in total. The predicted molar refractivity (Wildman–Crippen MR) is 120 cm³/mol. The van der Waals surface area contributed by atoms with Gasteiger partial charge in [-0.3, -0.25) is 0 Å². The Hall–Kier alpha value is -2.37. The molecule has 2 amide bonds. The van der Waals surface area contributed by atoms with Crippen molar-refractivity contribution in [1.82, 2.24) is 24.8 Å². The van der Waals surface area contributed by atoms with E-state index in [4.69, 9.17) is 9.26 Å². The van der Waals surface area contributed by atoms with Crippen LogP contribution in [0, 0.1) is 0 Å². The Morgan fingerprint density at radius 3 is 2.35 bits per heavy atom. The number of amides is 2. The molecule has 2 aromatic rings. The average Bonchev–Trinajstić information content (AvgIpc) is 3.26. The number of hydrogen-bond acceptors (Lipinski definition) is 6. The molecule has 2 saturated heterocycles. The summed E-state index contributed by atoms with van der Waals surface area (Å²) in [7, 11) is 3.79. The number of carbonyl (C=O) groups is 1. The molecule has 0 N–H and O–H groups in total. The number of piperidine rings is 1. The lowest BCUT2D eigenvalue weighted by atomic mass is 9.84. The molecule has 2 atom stereocenters. The topological polar surface area (TPSA) is 74.9 Å². The van der Waals surface area contributed by atoms with Crippen molar-refractivity contribution in [3.63, 3.8) is 0 Å². The van der Waals surface area contributed by atoms with Crippen molar-refractivity contribution < 1.29 is 27.2 Å². The smallest absolute Gasteiger partial charge is 0.378 e. The number of likely N-dealkylation sites (tertiary alicyclic amines) is 1. The van der Waals surface area contributed by atoms with E-state index < -0.39 is 11.7 Å². The van der Waals surface area contributed by atoms with Crippen LogP contribution in [0.4, 0.5) is 18.0 Å². The molecular formula is C22H29ClF3N5O3. The van der Waals surface area contributed by atoms with Crippen LogP contribution < -0.4 is 0 Å². The number of ether oxygens (including phenoxy) is 1. The third-order valence-corrected chi connectivity index (χ3v) is 6.01. The monoisotopic (exact) mass is 503 g/mol. The maximum absolute atomic E-state index is 13.2. The number of rotatable bonds is 4. The fraction of sp³-hybridized carbons (Fsp3) is 0.591. The quantitative estimate of drug-likeness (QED) is 0.634. The largest absolute Gasteiger partial charge is 0.416 e. The van der Waals surface area contributed by atoms with E-state index in [9.17, 15) is 18.0 Å². The zero-order valence-corrected chi connectivity index (χ0v) is 19.9. The van der Waals surface area contributed by atoms with Gasteiger partial charge in [-0.1, -0.05) is 17.3 Å². The second kappa shape index (κ2) is 10.9. The Labute approximate surface area is 202 Å². The van der Waals surface area contributed by atoms with E-state index in [-0.39, 0.29) is 30.3 Å². The zero-order valence-electron chi connectivity index (χ0n) is 19.1. The Bertz CT molecular complexity index is 948. The van der Waals surface area contributed by atoms with Crippen LogP contribution in [0.25, 0.3) is 0 Å². The molecule has 1 aromatic carbocycles. The van der Waals surface area contributed by atoms with E-state index in [0.717, 1.165) is 17.7 Å². The first-order valence-corrected chi connectivity index (χ1v) is 11.0. The van der Waals surface area contributed by atoms with Crippen molar-refractivity contribution in [2.45, 2.75) is 31.0 Å². The molecule has 0 aliphatic carbocycles. The van der Waals surface area contributed by atoms with Gasteiger partial charge in [-0.2, -0.15) is 18.2 Å². The first-order valence-electron chi connectivity index (χ1n) is 11.0. The molecule has 2 aliphatic rings. The Morgan fingerprint density at radius 2 is 1.74 bits per heavy atom. The van der Waals surface area contributed by atoms with E-state index in [1.54, 1.807) is 9.80 Å². The normalized spacial score (nSPS) is 21.5. The van der Waals surface area contributed by atoms with Gasteiger partial charge in [0.05, 0.1) is 25.3 Å². The van der Waals surface area contributed by atoms with Crippen LogP contribution in [0.1, 0.15) is 41.1 Å². The van der Waals surface area contributed by atoms with E-state index in [0.29, 0.717) is 64.1 Å². The maximum atomic E-state index is 13.2. The highest BCUT2D eigenvalue weighted by atomic mass is 35.5. The number of urea groups is 1. The second-order valence-electron chi connectivity index (χ2n) is 8.82. The summed E-state index contributed by atoms with van der Waals surface area (Å²) in [5.74, 6) is 0.670. The van der Waals surface area contributed by atoms with Gasteiger partial charge in [0.15, 0.2) is 5.82 Å². The van der Waals surface area contributed by atoms with Crippen molar-refractivity contribution in [2.75, 3.05) is 53.5 Å². The Kier molecular flexibility index (Phi) is 8.43. The van der Waals surface area contributed by atoms with Gasteiger partial charge < -0.3 is 24.0 Å². The number of morpholine rings is 1. The molecule has 0 saturated carbocycles. The molecule has 188 valence electrons. The van der Waals surface area contributed by atoms with Gasteiger partial charge in [0.1, 0.15) is 0 Å². The highest BCUT2D eigenvalue weighted by Crippen LogP contribution is 2.37. The number of halogens is 4. The van der Waals surface area contributed by atoms with Gasteiger partial charge in [-0.05, 0) is 38.2 Å². The van der Waals surface area contributed by atoms with Gasteiger partial charge in [0.25, 0.3) is 0 Å². The summed E-state index contributed by atoms with van der Waals surface area (Å²) in [6.07, 6.45) is -3.78. The molecule has 4 rings (SSSR count). The van der Waals surface area contributed by atoms with E-state index in [1.807, 2.05) is 19.0 Å². The third-order valence-electron chi connectivity index (χ3n) is 6.01. The zero-order chi connectivity index (χ0) is 23.6. The molecular weight excluding hydrogens is 475 g/mol. The van der Waals surface area contributed by atoms with Crippen LogP contribution in [0.5, 0.6) is 0 Å². The first-order chi connectivity index (χ1) is 15.7. The maximum Gasteiger partial charge on any atom is 0.416 e. The number of carbonyl (C=O) groups excluding carboxylic acids is 1. The molecule has 0 radical (unpaired) electrons. The summed E-state index contributed by atoms with van der Waals surface area (Å²) in [6, 6.07) is 5.09. The summed E-state index contributed by atoms with van der Waals surface area (Å²) < 4.78 is 49.8. The summed E-state index contributed by atoms with van der Waals surface area (Å²) in [4.78, 5) is 23.2. The standard InChI is InChI=1S/C22H28F3N5O3.ClH/c1-28(2)14-19-26-20(27-33-19)17-11-16(15-3-5-18(6-4-15)22(23,24)25)12-30(13-17)21(31)29-7-9-32-10-8-29;/h3-6,16-17H,7-14H2,1-2H3;1H. The minimum atomic E-state index is -4.39. The summed E-state index contributed by atoms with van der Waals surface area (Å²) in [5.41, 5.74) is 0.0656. The number of benzene rings is 1. The second-order valence-corrected chi connectivity index (χ2v) is 8.82. The van der Waals surface area contributed by atoms with Crippen molar-refractivity contribution >= 4 is 18.4 Å². The molecule has 2 fully saturated rings. The van der Waals surface area contributed by atoms with Gasteiger partial charge in [-0.25, -0.2) is 4.79 Å². The third kappa shape index (κ3) is 6.19. The number of alkyl halides is 3. The summed E-state index contributed by atoms with van der Waals surface area (Å²) >= 11 is 0. The molecule has 0 bridgehead atoms. The van der Waals surface area contributed by atoms with E-state index in [2.05, 4.69) is 10.1 Å². The van der Waals surface area contributed by atoms with Crippen LogP contribution in [-0.4, -0.2) is 84.4 Å². The van der Waals surface area contributed by atoms with Gasteiger partial charge >= 0.3 is 12.2 Å². The van der Waals surface area contributed by atoms with Gasteiger partial charge in [0.2, 0.25) is 5.89 Å². The van der Waals surface area contributed by atoms with Crippen LogP contribution in [-0.2, 0) is 17.5 Å². The van der Waals surface area contributed by atoms with Crippen molar-refractivity contribution in [3.8, 4) is 0 Å². The number of nitrogens with zero attached hydrogens (tertiary/aromatic N) is 5. The molecule has 2 aliphatic heterocycles. The highest BCUT2D eigenvalue weighted by molar-refractivity contribution is 5.85. The lowest BCUT2D eigenvalue weighted by Gasteiger charge is -2.40. The lowest BCUT2D eigenvalue weighted by Crippen LogP contribution is -2.52. The minimum Gasteiger partial charge on any atom is -0.378 e. The van der Waals surface area contributed by atoms with Crippen molar-refractivity contribution in [3.05, 3.63) is 47.1 Å². The highest BCUT2D eigenvalue weighted by Gasteiger charge is 2.37. The minimum absolute atomic E-state index is 0. The number of aromatic nitrogens is 2. The van der Waals surface area contributed by atoms with Crippen LogP contribution in [0.2, 0.25) is 0 Å². The molecule has 34 heavy (non-hydrogen) atoms. The summed E-state index contributed by atoms with van der Waals surface area (Å²) in [5, 5.41) is 4.14. The van der Waals surface area contributed by atoms with E-state index >= 15 is 0 Å². The lowest BCUT2D eigenvalue weighted by molar-refractivity contribution is -0.137. The van der Waals surface area contributed by atoms with Gasteiger partial charge in [0, 0.05) is 38.0 Å². The molecule has 2 unspecified atom stereocenters. The van der Waals surface area contributed by atoms with Gasteiger partial charge in [-0.15, -0.1) is 12.4 Å². The average molecular weight is 504 g/mol. The number of hydrogen-bond donors (Lipinski definition) is 0. The van der Waals surface area contributed by atoms with Crippen molar-refractivity contribution in [1.29, 1.82) is 0 Å². The van der Waals surface area contributed by atoms with Crippen LogP contribution in [0.3, 0.4) is 0 Å². The first kappa shape index (κ1) is 26.2.